The van der Waals surface area contributed by atoms with Crippen LogP contribution in [0.2, 0.25) is 0 Å². The number of carbonyl (C=O) groups is 1. The lowest BCUT2D eigenvalue weighted by atomic mass is 9.91. The molecule has 0 aliphatic carbocycles. The predicted octanol–water partition coefficient (Wildman–Crippen LogP) is 0.750. The Morgan fingerprint density at radius 1 is 1.29 bits per heavy atom. The van der Waals surface area contributed by atoms with Crippen LogP contribution < -0.4 is 4.74 Å². The van der Waals surface area contributed by atoms with Gasteiger partial charge in [-0.1, -0.05) is 18.2 Å². The summed E-state index contributed by atoms with van der Waals surface area (Å²) in [6.07, 6.45) is 0.424. The first kappa shape index (κ1) is 17.2. The number of ether oxygens (including phenoxy) is 2. The Bertz CT molecular complexity index is 543. The number of morpholine rings is 1. The molecule has 1 aromatic carbocycles. The summed E-state index contributed by atoms with van der Waals surface area (Å²) in [5, 5.41) is 10.8. The van der Waals surface area contributed by atoms with Gasteiger partial charge in [0.15, 0.2) is 0 Å². The van der Waals surface area contributed by atoms with Crippen molar-refractivity contribution >= 4 is 5.91 Å². The summed E-state index contributed by atoms with van der Waals surface area (Å²) in [6.45, 7) is 5.82. The van der Waals surface area contributed by atoms with Gasteiger partial charge in [-0.2, -0.15) is 0 Å². The molecule has 2 fully saturated rings. The first-order valence-electron chi connectivity index (χ1n) is 8.56. The van der Waals surface area contributed by atoms with E-state index in [-0.39, 0.29) is 12.0 Å². The summed E-state index contributed by atoms with van der Waals surface area (Å²) in [5.41, 5.74) is -0.987. The number of hydrogen-bond acceptors (Lipinski definition) is 5. The number of amides is 1. The molecule has 0 aromatic heterocycles. The Labute approximate surface area is 143 Å². The summed E-state index contributed by atoms with van der Waals surface area (Å²) < 4.78 is 11.2. The third-order valence-electron chi connectivity index (χ3n) is 4.69. The number of likely N-dealkylation sites (tertiary alicyclic amines) is 1. The smallest absolute Gasteiger partial charge is 0.236 e. The molecule has 0 radical (unpaired) electrons. The van der Waals surface area contributed by atoms with Gasteiger partial charge in [-0.15, -0.1) is 0 Å². The predicted molar refractivity (Wildman–Crippen MR) is 89.9 cm³/mol. The number of aliphatic hydroxyl groups is 1. The lowest BCUT2D eigenvalue weighted by molar-refractivity contribution is -0.140. The highest BCUT2D eigenvalue weighted by Crippen LogP contribution is 2.26. The van der Waals surface area contributed by atoms with E-state index in [2.05, 4.69) is 0 Å². The van der Waals surface area contributed by atoms with Gasteiger partial charge in [0.1, 0.15) is 17.5 Å². The normalized spacial score (nSPS) is 28.6. The van der Waals surface area contributed by atoms with E-state index in [0.717, 1.165) is 12.3 Å². The van der Waals surface area contributed by atoms with Gasteiger partial charge in [0, 0.05) is 26.2 Å². The van der Waals surface area contributed by atoms with Crippen LogP contribution in [0.3, 0.4) is 0 Å². The van der Waals surface area contributed by atoms with Gasteiger partial charge in [0.05, 0.1) is 19.8 Å². The molecule has 6 nitrogen and oxygen atoms in total. The van der Waals surface area contributed by atoms with E-state index in [0.29, 0.717) is 45.8 Å². The molecule has 2 aliphatic heterocycles. The lowest BCUT2D eigenvalue weighted by Gasteiger charge is -2.43. The van der Waals surface area contributed by atoms with Crippen LogP contribution in [0.15, 0.2) is 30.3 Å². The first-order chi connectivity index (χ1) is 11.5. The van der Waals surface area contributed by atoms with Crippen LogP contribution in [0.5, 0.6) is 5.75 Å². The van der Waals surface area contributed by atoms with Gasteiger partial charge < -0.3 is 19.5 Å². The molecule has 0 saturated carbocycles. The van der Waals surface area contributed by atoms with Crippen molar-refractivity contribution in [3.05, 3.63) is 30.3 Å². The second-order valence-corrected chi connectivity index (χ2v) is 6.77. The number of carbonyl (C=O) groups excluding carboxylic acids is 1. The lowest BCUT2D eigenvalue weighted by Crippen LogP contribution is -2.59. The van der Waals surface area contributed by atoms with Gasteiger partial charge in [0.2, 0.25) is 5.91 Å². The Morgan fingerprint density at radius 2 is 2.00 bits per heavy atom. The molecule has 24 heavy (non-hydrogen) atoms. The monoisotopic (exact) mass is 334 g/mol. The second-order valence-electron chi connectivity index (χ2n) is 6.77. The van der Waals surface area contributed by atoms with E-state index in [1.165, 1.54) is 0 Å². The van der Waals surface area contributed by atoms with Crippen molar-refractivity contribution in [2.45, 2.75) is 25.0 Å². The molecule has 1 aromatic rings. The van der Waals surface area contributed by atoms with Gasteiger partial charge in [-0.25, -0.2) is 0 Å². The summed E-state index contributed by atoms with van der Waals surface area (Å²) >= 11 is 0. The van der Waals surface area contributed by atoms with Crippen LogP contribution in [-0.2, 0) is 9.53 Å². The van der Waals surface area contributed by atoms with Crippen LogP contribution in [0.4, 0.5) is 0 Å². The van der Waals surface area contributed by atoms with Crippen LogP contribution >= 0.6 is 0 Å². The average Bonchev–Trinajstić information content (AvgIpc) is 2.58. The zero-order valence-electron chi connectivity index (χ0n) is 14.2. The Balaban J connectivity index is 1.54. The van der Waals surface area contributed by atoms with Crippen molar-refractivity contribution in [2.75, 3.05) is 45.9 Å². The van der Waals surface area contributed by atoms with Crippen molar-refractivity contribution in [1.82, 2.24) is 9.80 Å². The molecule has 2 heterocycles. The van der Waals surface area contributed by atoms with Crippen molar-refractivity contribution in [3.8, 4) is 5.75 Å². The third kappa shape index (κ3) is 4.26. The quantitative estimate of drug-likeness (QED) is 0.880. The van der Waals surface area contributed by atoms with Crippen molar-refractivity contribution in [1.29, 1.82) is 0 Å². The SMILES string of the molecule is C[C@]1(O)CN(CC(=O)N2CCOCC2)CC[C@@H]1Oc1ccccc1. The van der Waals surface area contributed by atoms with E-state index in [1.54, 1.807) is 6.92 Å². The molecule has 2 atom stereocenters. The van der Waals surface area contributed by atoms with E-state index in [4.69, 9.17) is 9.47 Å². The summed E-state index contributed by atoms with van der Waals surface area (Å²) in [6, 6.07) is 9.56. The minimum absolute atomic E-state index is 0.108. The fraction of sp³-hybridized carbons (Fsp3) is 0.611. The van der Waals surface area contributed by atoms with Gasteiger partial charge in [0.25, 0.3) is 0 Å². The van der Waals surface area contributed by atoms with Crippen molar-refractivity contribution in [2.24, 2.45) is 0 Å². The molecule has 0 spiro atoms. The molecule has 2 saturated heterocycles. The molecule has 132 valence electrons. The van der Waals surface area contributed by atoms with E-state index in [1.807, 2.05) is 40.1 Å². The third-order valence-corrected chi connectivity index (χ3v) is 4.69. The first-order valence-corrected chi connectivity index (χ1v) is 8.56. The Hall–Kier alpha value is -1.63. The van der Waals surface area contributed by atoms with Gasteiger partial charge >= 0.3 is 0 Å². The van der Waals surface area contributed by atoms with Crippen LogP contribution in [0, 0.1) is 0 Å². The summed E-state index contributed by atoms with van der Waals surface area (Å²) in [7, 11) is 0. The number of hydrogen-bond donors (Lipinski definition) is 1. The largest absolute Gasteiger partial charge is 0.487 e. The van der Waals surface area contributed by atoms with Crippen LogP contribution in [-0.4, -0.2) is 78.5 Å². The molecule has 2 aliphatic rings. The number of para-hydroxylation sites is 1. The van der Waals surface area contributed by atoms with E-state index >= 15 is 0 Å². The maximum atomic E-state index is 12.4. The number of β-amino-alcohol motifs (C(OH)–C–C–N with tert-alkyl or cyclic N) is 1. The van der Waals surface area contributed by atoms with E-state index < -0.39 is 5.60 Å². The molecule has 3 rings (SSSR count). The zero-order valence-corrected chi connectivity index (χ0v) is 14.2. The number of rotatable bonds is 4. The highest BCUT2D eigenvalue weighted by Gasteiger charge is 2.40. The molecule has 6 heteroatoms. The highest BCUT2D eigenvalue weighted by atomic mass is 16.5. The second kappa shape index (κ2) is 7.51. The van der Waals surface area contributed by atoms with E-state index in [9.17, 15) is 9.90 Å². The van der Waals surface area contributed by atoms with Crippen molar-refractivity contribution < 1.29 is 19.4 Å². The summed E-state index contributed by atoms with van der Waals surface area (Å²) in [5.74, 6) is 0.872. The number of nitrogens with zero attached hydrogens (tertiary/aromatic N) is 2. The van der Waals surface area contributed by atoms with Crippen molar-refractivity contribution in [3.63, 3.8) is 0 Å². The fourth-order valence-corrected chi connectivity index (χ4v) is 3.33. The highest BCUT2D eigenvalue weighted by molar-refractivity contribution is 5.78. The zero-order chi connectivity index (χ0) is 17.0. The molecular weight excluding hydrogens is 308 g/mol. The number of benzene rings is 1. The van der Waals surface area contributed by atoms with Crippen LogP contribution in [0.1, 0.15) is 13.3 Å². The molecule has 0 unspecified atom stereocenters. The minimum atomic E-state index is -0.987. The number of piperidine rings is 1. The molecule has 0 bridgehead atoms. The average molecular weight is 334 g/mol. The maximum absolute atomic E-state index is 12.4. The van der Waals surface area contributed by atoms with Gasteiger partial charge in [-0.3, -0.25) is 9.69 Å². The Morgan fingerprint density at radius 3 is 2.67 bits per heavy atom. The van der Waals surface area contributed by atoms with Crippen LogP contribution in [0.25, 0.3) is 0 Å². The summed E-state index contributed by atoms with van der Waals surface area (Å²) in [4.78, 5) is 16.2. The molecular formula is C18H26N2O4. The Kier molecular flexibility index (Phi) is 5.38. The maximum Gasteiger partial charge on any atom is 0.236 e. The molecule has 1 N–H and O–H groups in total. The topological polar surface area (TPSA) is 62.2 Å². The minimum Gasteiger partial charge on any atom is -0.487 e. The molecule has 1 amide bonds. The standard InChI is InChI=1S/C18H26N2O4/c1-18(22)14-19(13-17(21)20-9-11-23-12-10-20)8-7-16(18)24-15-5-3-2-4-6-15/h2-6,16,22H,7-14H2,1H3/t16-,18-/m0/s1. The fourth-order valence-electron chi connectivity index (χ4n) is 3.33. The van der Waals surface area contributed by atoms with Gasteiger partial charge in [-0.05, 0) is 25.5 Å².